The summed E-state index contributed by atoms with van der Waals surface area (Å²) in [6.45, 7) is 1.66. The number of carbonyl (C=O) groups is 2. The van der Waals surface area contributed by atoms with Crippen molar-refractivity contribution in [3.63, 3.8) is 0 Å². The van der Waals surface area contributed by atoms with Crippen molar-refractivity contribution in [1.82, 2.24) is 5.32 Å². The number of nitrogens with one attached hydrogen (secondary N) is 1. The van der Waals surface area contributed by atoms with Gasteiger partial charge in [-0.05, 0) is 37.1 Å². The molecule has 1 aliphatic rings. The molecule has 2 aromatic carbocycles. The predicted molar refractivity (Wildman–Crippen MR) is 105 cm³/mol. The Kier molecular flexibility index (Phi) is 5.58. The van der Waals surface area contributed by atoms with E-state index in [1.807, 2.05) is 24.3 Å². The van der Waals surface area contributed by atoms with Crippen LogP contribution in [0.5, 0.6) is 11.5 Å². The molecule has 0 spiro atoms. The van der Waals surface area contributed by atoms with Gasteiger partial charge in [-0.15, -0.1) is 0 Å². The monoisotopic (exact) mass is 383 g/mol. The summed E-state index contributed by atoms with van der Waals surface area (Å²) in [6.07, 6.45) is 0.699. The number of carbonyl (C=O) groups excluding carboxylic acids is 1. The molecule has 1 aliphatic carbocycles. The Balaban J connectivity index is 1.69. The van der Waals surface area contributed by atoms with E-state index in [1.54, 1.807) is 45.4 Å². The van der Waals surface area contributed by atoms with Gasteiger partial charge in [-0.1, -0.05) is 30.3 Å². The van der Waals surface area contributed by atoms with Gasteiger partial charge < -0.3 is 19.9 Å². The molecule has 0 radical (unpaired) electrons. The van der Waals surface area contributed by atoms with Crippen LogP contribution in [0.2, 0.25) is 0 Å². The van der Waals surface area contributed by atoms with E-state index in [0.29, 0.717) is 17.7 Å². The SMILES string of the molecule is COc1ccc(OC)c(C2CC2C(=O)NCC(C)(C(=O)O)c2ccccc2)c1. The zero-order valence-corrected chi connectivity index (χ0v) is 16.3. The normalized spacial score (nSPS) is 20.0. The highest BCUT2D eigenvalue weighted by atomic mass is 16.5. The minimum atomic E-state index is -1.19. The minimum absolute atomic E-state index is 0.0314. The summed E-state index contributed by atoms with van der Waals surface area (Å²) < 4.78 is 10.7. The molecule has 0 saturated heterocycles. The van der Waals surface area contributed by atoms with Crippen molar-refractivity contribution in [3.05, 3.63) is 59.7 Å². The molecule has 3 unspecified atom stereocenters. The van der Waals surface area contributed by atoms with Gasteiger partial charge in [-0.3, -0.25) is 9.59 Å². The maximum atomic E-state index is 12.7. The molecule has 2 N–H and O–H groups in total. The van der Waals surface area contributed by atoms with Crippen molar-refractivity contribution in [1.29, 1.82) is 0 Å². The molecule has 28 heavy (non-hydrogen) atoms. The van der Waals surface area contributed by atoms with Crippen molar-refractivity contribution in [2.45, 2.75) is 24.7 Å². The first-order chi connectivity index (χ1) is 13.4. The number of carboxylic acids is 1. The van der Waals surface area contributed by atoms with E-state index in [1.165, 1.54) is 0 Å². The fourth-order valence-electron chi connectivity index (χ4n) is 3.46. The van der Waals surface area contributed by atoms with Crippen LogP contribution in [0, 0.1) is 5.92 Å². The summed E-state index contributed by atoms with van der Waals surface area (Å²) in [6, 6.07) is 14.5. The topological polar surface area (TPSA) is 84.9 Å². The Hall–Kier alpha value is -3.02. The van der Waals surface area contributed by atoms with Crippen LogP contribution in [0.1, 0.15) is 30.4 Å². The van der Waals surface area contributed by atoms with Gasteiger partial charge in [0.25, 0.3) is 0 Å². The molecule has 1 fully saturated rings. The zero-order valence-electron chi connectivity index (χ0n) is 16.3. The number of rotatable bonds is 8. The lowest BCUT2D eigenvalue weighted by atomic mass is 9.82. The van der Waals surface area contributed by atoms with Gasteiger partial charge in [-0.2, -0.15) is 0 Å². The summed E-state index contributed by atoms with van der Waals surface area (Å²) in [4.78, 5) is 24.5. The highest BCUT2D eigenvalue weighted by molar-refractivity contribution is 5.86. The molecule has 6 nitrogen and oxygen atoms in total. The molecule has 6 heteroatoms. The van der Waals surface area contributed by atoms with Crippen LogP contribution in [-0.4, -0.2) is 37.7 Å². The second-order valence-corrected chi connectivity index (χ2v) is 7.28. The maximum Gasteiger partial charge on any atom is 0.315 e. The number of aliphatic carboxylic acids is 1. The Morgan fingerprint density at radius 2 is 1.86 bits per heavy atom. The van der Waals surface area contributed by atoms with Crippen LogP contribution in [0.4, 0.5) is 0 Å². The molecule has 1 amide bonds. The second kappa shape index (κ2) is 7.92. The summed E-state index contributed by atoms with van der Waals surface area (Å²) in [5.74, 6) is 0.164. The van der Waals surface area contributed by atoms with E-state index in [-0.39, 0.29) is 24.3 Å². The van der Waals surface area contributed by atoms with E-state index in [4.69, 9.17) is 9.47 Å². The smallest absolute Gasteiger partial charge is 0.315 e. The number of ether oxygens (including phenoxy) is 2. The molecule has 3 rings (SSSR count). The van der Waals surface area contributed by atoms with Gasteiger partial charge in [0, 0.05) is 23.9 Å². The van der Waals surface area contributed by atoms with E-state index in [2.05, 4.69) is 5.32 Å². The third-order valence-electron chi connectivity index (χ3n) is 5.46. The van der Waals surface area contributed by atoms with E-state index in [9.17, 15) is 14.7 Å². The largest absolute Gasteiger partial charge is 0.497 e. The van der Waals surface area contributed by atoms with Gasteiger partial charge in [-0.25, -0.2) is 0 Å². The fraction of sp³-hybridized carbons (Fsp3) is 0.364. The lowest BCUT2D eigenvalue weighted by Gasteiger charge is -2.25. The van der Waals surface area contributed by atoms with Gasteiger partial charge in [0.2, 0.25) is 5.91 Å². The first kappa shape index (κ1) is 19.7. The van der Waals surface area contributed by atoms with Gasteiger partial charge in [0.05, 0.1) is 14.2 Å². The maximum absolute atomic E-state index is 12.7. The first-order valence-electron chi connectivity index (χ1n) is 9.19. The first-order valence-corrected chi connectivity index (χ1v) is 9.19. The van der Waals surface area contributed by atoms with Crippen LogP contribution >= 0.6 is 0 Å². The number of benzene rings is 2. The molecular formula is C22H25NO5. The highest BCUT2D eigenvalue weighted by Gasteiger charge is 2.46. The second-order valence-electron chi connectivity index (χ2n) is 7.28. The molecule has 148 valence electrons. The Morgan fingerprint density at radius 1 is 1.14 bits per heavy atom. The number of amides is 1. The van der Waals surface area contributed by atoms with E-state index in [0.717, 1.165) is 11.3 Å². The van der Waals surface area contributed by atoms with Crippen LogP contribution in [0.15, 0.2) is 48.5 Å². The molecular weight excluding hydrogens is 358 g/mol. The number of hydrogen-bond donors (Lipinski definition) is 2. The average Bonchev–Trinajstić information content (AvgIpc) is 3.52. The Bertz CT molecular complexity index is 866. The molecule has 1 saturated carbocycles. The summed E-state index contributed by atoms with van der Waals surface area (Å²) in [5.41, 5.74) is 0.408. The third kappa shape index (κ3) is 3.81. The van der Waals surface area contributed by atoms with Crippen LogP contribution in [0.25, 0.3) is 0 Å². The Labute approximate surface area is 164 Å². The standard InChI is InChI=1S/C22H25NO5/c1-22(21(25)26,14-7-5-4-6-8-14)13-23-20(24)18-12-16(18)17-11-15(27-2)9-10-19(17)28-3/h4-11,16,18H,12-13H2,1-3H3,(H,23,24)(H,25,26). The zero-order chi connectivity index (χ0) is 20.3. The summed E-state index contributed by atoms with van der Waals surface area (Å²) in [7, 11) is 3.19. The quantitative estimate of drug-likeness (QED) is 0.732. The number of carboxylic acid groups (broad SMARTS) is 1. The molecule has 0 heterocycles. The van der Waals surface area contributed by atoms with Crippen molar-refractivity contribution in [2.24, 2.45) is 5.92 Å². The van der Waals surface area contributed by atoms with Crippen LogP contribution in [-0.2, 0) is 15.0 Å². The summed E-state index contributed by atoms with van der Waals surface area (Å²) >= 11 is 0. The lowest BCUT2D eigenvalue weighted by molar-refractivity contribution is -0.143. The Morgan fingerprint density at radius 3 is 2.46 bits per heavy atom. The average molecular weight is 383 g/mol. The minimum Gasteiger partial charge on any atom is -0.497 e. The molecule has 0 bridgehead atoms. The van der Waals surface area contributed by atoms with Crippen molar-refractivity contribution >= 4 is 11.9 Å². The van der Waals surface area contributed by atoms with Crippen molar-refractivity contribution in [2.75, 3.05) is 20.8 Å². The fourth-order valence-corrected chi connectivity index (χ4v) is 3.46. The third-order valence-corrected chi connectivity index (χ3v) is 5.46. The van der Waals surface area contributed by atoms with E-state index < -0.39 is 11.4 Å². The molecule has 0 aromatic heterocycles. The molecule has 3 atom stereocenters. The van der Waals surface area contributed by atoms with Gasteiger partial charge in [0.15, 0.2) is 0 Å². The van der Waals surface area contributed by atoms with Gasteiger partial charge in [0.1, 0.15) is 16.9 Å². The highest BCUT2D eigenvalue weighted by Crippen LogP contribution is 2.51. The predicted octanol–water partition coefficient (Wildman–Crippen LogP) is 2.97. The summed E-state index contributed by atoms with van der Waals surface area (Å²) in [5, 5.41) is 12.6. The van der Waals surface area contributed by atoms with Crippen molar-refractivity contribution in [3.8, 4) is 11.5 Å². The number of hydrogen-bond acceptors (Lipinski definition) is 4. The molecule has 2 aromatic rings. The number of methoxy groups -OCH3 is 2. The van der Waals surface area contributed by atoms with Crippen molar-refractivity contribution < 1.29 is 24.2 Å². The van der Waals surface area contributed by atoms with Gasteiger partial charge >= 0.3 is 5.97 Å². The van der Waals surface area contributed by atoms with E-state index >= 15 is 0 Å². The van der Waals surface area contributed by atoms with Crippen LogP contribution < -0.4 is 14.8 Å². The molecule has 0 aliphatic heterocycles. The lowest BCUT2D eigenvalue weighted by Crippen LogP contribution is -2.44. The van der Waals surface area contributed by atoms with Crippen LogP contribution in [0.3, 0.4) is 0 Å².